The molecule has 0 bridgehead atoms. The van der Waals surface area contributed by atoms with Crippen molar-refractivity contribution in [1.29, 1.82) is 0 Å². The van der Waals surface area contributed by atoms with Gasteiger partial charge in [0.25, 0.3) is 0 Å². The van der Waals surface area contributed by atoms with E-state index >= 15 is 0 Å². The zero-order valence-electron chi connectivity index (χ0n) is 11.3. The number of hydrogen-bond acceptors (Lipinski definition) is 4. The van der Waals surface area contributed by atoms with Crippen LogP contribution in [0.25, 0.3) is 0 Å². The molecule has 0 aliphatic heterocycles. The lowest BCUT2D eigenvalue weighted by molar-refractivity contribution is 0.0690. The van der Waals surface area contributed by atoms with Crippen LogP contribution in [0.5, 0.6) is 0 Å². The highest BCUT2D eigenvalue weighted by Gasteiger charge is 2.30. The van der Waals surface area contributed by atoms with Crippen molar-refractivity contribution in [2.24, 2.45) is 0 Å². The van der Waals surface area contributed by atoms with Gasteiger partial charge < -0.3 is 9.52 Å². The zero-order valence-corrected chi connectivity index (χ0v) is 11.3. The van der Waals surface area contributed by atoms with Gasteiger partial charge in [-0.25, -0.2) is 14.2 Å². The topological polar surface area (TPSA) is 66.6 Å². The Bertz CT molecular complexity index is 635. The maximum absolute atomic E-state index is 12.9. The van der Waals surface area contributed by atoms with Gasteiger partial charge >= 0.3 is 5.97 Å². The predicted molar refractivity (Wildman–Crippen MR) is 72.1 cm³/mol. The second-order valence-electron chi connectivity index (χ2n) is 5.19. The van der Waals surface area contributed by atoms with Crippen LogP contribution in [0.15, 0.2) is 34.9 Å². The number of oxazole rings is 1. The summed E-state index contributed by atoms with van der Waals surface area (Å²) in [6, 6.07) is 6.84. The highest BCUT2D eigenvalue weighted by Crippen LogP contribution is 2.29. The molecule has 21 heavy (non-hydrogen) atoms. The minimum atomic E-state index is -1.10. The fraction of sp³-hybridized carbons (Fsp3) is 0.333. The van der Waals surface area contributed by atoms with Gasteiger partial charge in [-0.15, -0.1) is 0 Å². The number of hydrogen-bond donors (Lipinski definition) is 1. The van der Waals surface area contributed by atoms with Crippen LogP contribution in [0.2, 0.25) is 0 Å². The number of carbonyl (C=O) groups is 1. The third kappa shape index (κ3) is 3.46. The first-order valence-electron chi connectivity index (χ1n) is 6.78. The molecule has 1 saturated carbocycles. The van der Waals surface area contributed by atoms with E-state index in [0.29, 0.717) is 25.0 Å². The van der Waals surface area contributed by atoms with Gasteiger partial charge in [0.1, 0.15) is 12.1 Å². The molecule has 2 aromatic rings. The van der Waals surface area contributed by atoms with Crippen molar-refractivity contribution in [3.8, 4) is 0 Å². The number of aromatic carboxylic acids is 1. The third-order valence-electron chi connectivity index (χ3n) is 3.47. The third-order valence-corrected chi connectivity index (χ3v) is 3.47. The Labute approximate surface area is 121 Å². The lowest BCUT2D eigenvalue weighted by Crippen LogP contribution is -2.25. The van der Waals surface area contributed by atoms with Crippen molar-refractivity contribution < 1.29 is 18.7 Å². The molecule has 1 aromatic carbocycles. The van der Waals surface area contributed by atoms with Crippen LogP contribution >= 0.6 is 0 Å². The van der Waals surface area contributed by atoms with Crippen molar-refractivity contribution in [3.05, 3.63) is 53.5 Å². The van der Waals surface area contributed by atoms with Crippen molar-refractivity contribution in [3.63, 3.8) is 0 Å². The van der Waals surface area contributed by atoms with Gasteiger partial charge in [0.15, 0.2) is 5.69 Å². The summed E-state index contributed by atoms with van der Waals surface area (Å²) in [5, 5.41) is 8.84. The monoisotopic (exact) mass is 290 g/mol. The molecule has 0 spiro atoms. The van der Waals surface area contributed by atoms with Crippen LogP contribution in [0.4, 0.5) is 4.39 Å². The number of aromatic nitrogens is 1. The Balaban J connectivity index is 1.69. The van der Waals surface area contributed by atoms with E-state index < -0.39 is 5.97 Å². The average molecular weight is 290 g/mol. The van der Waals surface area contributed by atoms with Crippen LogP contribution < -0.4 is 0 Å². The normalized spacial score (nSPS) is 14.6. The summed E-state index contributed by atoms with van der Waals surface area (Å²) in [7, 11) is 0. The molecule has 0 saturated heterocycles. The number of halogens is 1. The first kappa shape index (κ1) is 13.8. The summed E-state index contributed by atoms with van der Waals surface area (Å²) < 4.78 is 18.1. The molecule has 1 N–H and O–H groups in total. The lowest BCUT2D eigenvalue weighted by atomic mass is 10.2. The molecular formula is C15H15FN2O3. The van der Waals surface area contributed by atoms with E-state index in [9.17, 15) is 9.18 Å². The first-order valence-corrected chi connectivity index (χ1v) is 6.78. The highest BCUT2D eigenvalue weighted by atomic mass is 19.1. The highest BCUT2D eigenvalue weighted by molar-refractivity contribution is 5.84. The Morgan fingerprint density at radius 3 is 2.62 bits per heavy atom. The molecule has 1 aromatic heterocycles. The van der Waals surface area contributed by atoms with Crippen LogP contribution in [0.1, 0.15) is 34.8 Å². The van der Waals surface area contributed by atoms with Crippen molar-refractivity contribution in [1.82, 2.24) is 9.88 Å². The Kier molecular flexibility index (Phi) is 3.70. The molecule has 0 radical (unpaired) electrons. The van der Waals surface area contributed by atoms with E-state index in [-0.39, 0.29) is 11.5 Å². The number of carboxylic acid groups (broad SMARTS) is 1. The van der Waals surface area contributed by atoms with Crippen molar-refractivity contribution in [2.75, 3.05) is 0 Å². The predicted octanol–water partition coefficient (Wildman–Crippen LogP) is 2.68. The maximum Gasteiger partial charge on any atom is 0.357 e. The minimum absolute atomic E-state index is 0.0810. The second-order valence-corrected chi connectivity index (χ2v) is 5.19. The van der Waals surface area contributed by atoms with Crippen molar-refractivity contribution >= 4 is 5.97 Å². The largest absolute Gasteiger partial charge is 0.476 e. The molecular weight excluding hydrogens is 275 g/mol. The fourth-order valence-corrected chi connectivity index (χ4v) is 2.23. The molecule has 3 rings (SSSR count). The van der Waals surface area contributed by atoms with Gasteiger partial charge in [0, 0.05) is 12.6 Å². The van der Waals surface area contributed by atoms with Crippen molar-refractivity contribution in [2.45, 2.75) is 32.0 Å². The standard InChI is InChI=1S/C15H15FN2O3/c16-11-3-1-10(2-4-11)7-18(12-5-6-12)8-14-17-13(9-21-14)15(19)20/h1-4,9,12H,5-8H2,(H,19,20). The van der Waals surface area contributed by atoms with E-state index in [1.54, 1.807) is 12.1 Å². The molecule has 5 nitrogen and oxygen atoms in total. The van der Waals surface area contributed by atoms with Gasteiger partial charge in [0.05, 0.1) is 6.54 Å². The Hall–Kier alpha value is -2.21. The quantitative estimate of drug-likeness (QED) is 0.886. The van der Waals surface area contributed by atoms with Gasteiger partial charge in [-0.2, -0.15) is 0 Å². The van der Waals surface area contributed by atoms with Gasteiger partial charge in [-0.1, -0.05) is 12.1 Å². The zero-order chi connectivity index (χ0) is 14.8. The summed E-state index contributed by atoms with van der Waals surface area (Å²) in [4.78, 5) is 16.9. The van der Waals surface area contributed by atoms with Gasteiger partial charge in [-0.3, -0.25) is 4.90 Å². The number of benzene rings is 1. The fourth-order valence-electron chi connectivity index (χ4n) is 2.23. The first-order chi connectivity index (χ1) is 10.1. The summed E-state index contributed by atoms with van der Waals surface area (Å²) in [6.07, 6.45) is 3.36. The van der Waals surface area contributed by atoms with E-state index in [2.05, 4.69) is 9.88 Å². The van der Waals surface area contributed by atoms with Crippen LogP contribution in [-0.2, 0) is 13.1 Å². The molecule has 1 fully saturated rings. The van der Waals surface area contributed by atoms with Crippen LogP contribution in [0, 0.1) is 5.82 Å². The molecule has 110 valence electrons. The molecule has 0 atom stereocenters. The summed E-state index contributed by atoms with van der Waals surface area (Å²) in [5.74, 6) is -0.960. The summed E-state index contributed by atoms with van der Waals surface area (Å²) >= 11 is 0. The van der Waals surface area contributed by atoms with Crippen LogP contribution in [-0.4, -0.2) is 27.0 Å². The molecule has 6 heteroatoms. The number of rotatable bonds is 6. The maximum atomic E-state index is 12.9. The molecule has 1 heterocycles. The summed E-state index contributed by atoms with van der Waals surface area (Å²) in [5.41, 5.74) is 0.927. The van der Waals surface area contributed by atoms with E-state index in [1.807, 2.05) is 0 Å². The summed E-state index contributed by atoms with van der Waals surface area (Å²) in [6.45, 7) is 1.12. The smallest absolute Gasteiger partial charge is 0.357 e. The number of nitrogens with zero attached hydrogens (tertiary/aromatic N) is 2. The average Bonchev–Trinajstić information content (AvgIpc) is 3.20. The van der Waals surface area contributed by atoms with E-state index in [1.165, 1.54) is 12.1 Å². The second kappa shape index (κ2) is 5.65. The minimum Gasteiger partial charge on any atom is -0.476 e. The Morgan fingerprint density at radius 2 is 2.05 bits per heavy atom. The van der Waals surface area contributed by atoms with Crippen LogP contribution in [0.3, 0.4) is 0 Å². The number of carboxylic acids is 1. The molecule has 1 aliphatic rings. The lowest BCUT2D eigenvalue weighted by Gasteiger charge is -2.20. The Morgan fingerprint density at radius 1 is 1.33 bits per heavy atom. The van der Waals surface area contributed by atoms with Gasteiger partial charge in [0.2, 0.25) is 5.89 Å². The van der Waals surface area contributed by atoms with E-state index in [0.717, 1.165) is 24.7 Å². The molecule has 0 amide bonds. The van der Waals surface area contributed by atoms with Gasteiger partial charge in [-0.05, 0) is 30.5 Å². The SMILES string of the molecule is O=C(O)c1coc(CN(Cc2ccc(F)cc2)C2CC2)n1. The van der Waals surface area contributed by atoms with E-state index in [4.69, 9.17) is 9.52 Å². The molecule has 1 aliphatic carbocycles. The molecule has 0 unspecified atom stereocenters.